The van der Waals surface area contributed by atoms with E-state index < -0.39 is 0 Å². The molecule has 0 saturated heterocycles. The molecule has 2 atom stereocenters. The quantitative estimate of drug-likeness (QED) is 0.262. The molecule has 0 aliphatic heterocycles. The average molecular weight is 195 g/mol. The van der Waals surface area contributed by atoms with Crippen molar-refractivity contribution >= 4 is 0 Å². The van der Waals surface area contributed by atoms with E-state index in [1.54, 1.807) is 0 Å². The Morgan fingerprint density at radius 3 is 2.50 bits per heavy atom. The molecule has 3 heteroatoms. The predicted molar refractivity (Wildman–Crippen MR) is 61.0 cm³/mol. The molecular formula is C11H21N3. The molecule has 0 aliphatic rings. The lowest BCUT2D eigenvalue weighted by Gasteiger charge is -2.16. The summed E-state index contributed by atoms with van der Waals surface area (Å²) in [6, 6.07) is 0. The maximum atomic E-state index is 8.19. The zero-order valence-electron chi connectivity index (χ0n) is 9.70. The fourth-order valence-electron chi connectivity index (χ4n) is 1.26. The van der Waals surface area contributed by atoms with Crippen LogP contribution in [0.5, 0.6) is 0 Å². The molecule has 0 aromatic heterocycles. The van der Waals surface area contributed by atoms with Crippen LogP contribution in [-0.4, -0.2) is 6.54 Å². The van der Waals surface area contributed by atoms with Crippen molar-refractivity contribution in [2.75, 3.05) is 6.54 Å². The summed E-state index contributed by atoms with van der Waals surface area (Å²) in [4.78, 5) is 2.78. The summed E-state index contributed by atoms with van der Waals surface area (Å²) >= 11 is 0. The minimum atomic E-state index is 0.483. The molecule has 0 rings (SSSR count). The van der Waals surface area contributed by atoms with Crippen molar-refractivity contribution in [3.8, 4) is 0 Å². The van der Waals surface area contributed by atoms with Gasteiger partial charge in [-0.1, -0.05) is 30.6 Å². The Morgan fingerprint density at radius 1 is 1.36 bits per heavy atom. The molecule has 0 aliphatic carbocycles. The van der Waals surface area contributed by atoms with Gasteiger partial charge in [-0.15, -0.1) is 0 Å². The largest absolute Gasteiger partial charge is 0.0937 e. The van der Waals surface area contributed by atoms with Gasteiger partial charge in [-0.05, 0) is 44.1 Å². The highest BCUT2D eigenvalue weighted by molar-refractivity contribution is 4.92. The summed E-state index contributed by atoms with van der Waals surface area (Å²) in [7, 11) is 0. The average Bonchev–Trinajstić information content (AvgIpc) is 2.13. The van der Waals surface area contributed by atoms with Crippen LogP contribution < -0.4 is 0 Å². The highest BCUT2D eigenvalue weighted by Gasteiger charge is 2.09. The highest BCUT2D eigenvalue weighted by Crippen LogP contribution is 2.17. The van der Waals surface area contributed by atoms with Crippen LogP contribution in [-0.2, 0) is 0 Å². The van der Waals surface area contributed by atoms with Crippen molar-refractivity contribution in [1.29, 1.82) is 0 Å². The second-order valence-corrected chi connectivity index (χ2v) is 4.23. The van der Waals surface area contributed by atoms with E-state index in [4.69, 9.17) is 5.53 Å². The maximum absolute atomic E-state index is 8.19. The molecule has 3 nitrogen and oxygen atoms in total. The van der Waals surface area contributed by atoms with Gasteiger partial charge >= 0.3 is 0 Å². The second kappa shape index (κ2) is 7.45. The lowest BCUT2D eigenvalue weighted by Crippen LogP contribution is -2.10. The molecular weight excluding hydrogens is 174 g/mol. The van der Waals surface area contributed by atoms with Crippen LogP contribution in [0.3, 0.4) is 0 Å². The second-order valence-electron chi connectivity index (χ2n) is 4.23. The van der Waals surface area contributed by atoms with Gasteiger partial charge in [0.2, 0.25) is 0 Å². The summed E-state index contributed by atoms with van der Waals surface area (Å²) < 4.78 is 0. The van der Waals surface area contributed by atoms with Gasteiger partial charge in [-0.2, -0.15) is 0 Å². The van der Waals surface area contributed by atoms with Crippen LogP contribution in [0.15, 0.2) is 16.8 Å². The van der Waals surface area contributed by atoms with Gasteiger partial charge in [-0.3, -0.25) is 0 Å². The fourth-order valence-corrected chi connectivity index (χ4v) is 1.26. The van der Waals surface area contributed by atoms with E-state index >= 15 is 0 Å². The minimum Gasteiger partial charge on any atom is -0.0937 e. The molecule has 0 aromatic carbocycles. The first kappa shape index (κ1) is 13.1. The third-order valence-electron chi connectivity index (χ3n) is 2.58. The smallest absolute Gasteiger partial charge is 0.0286 e. The lowest BCUT2D eigenvalue weighted by molar-refractivity contribution is 0.374. The first-order valence-corrected chi connectivity index (χ1v) is 5.22. The number of azide groups is 1. The molecule has 14 heavy (non-hydrogen) atoms. The molecule has 0 heterocycles. The van der Waals surface area contributed by atoms with E-state index in [-0.39, 0.29) is 0 Å². The minimum absolute atomic E-state index is 0.483. The number of rotatable bonds is 6. The Balaban J connectivity index is 3.77. The van der Waals surface area contributed by atoms with Gasteiger partial charge in [0.25, 0.3) is 0 Å². The van der Waals surface area contributed by atoms with Crippen LogP contribution in [0.2, 0.25) is 0 Å². The molecule has 0 amide bonds. The van der Waals surface area contributed by atoms with Crippen LogP contribution in [0.1, 0.15) is 40.5 Å². The van der Waals surface area contributed by atoms with Gasteiger partial charge in [0, 0.05) is 11.5 Å². The number of hydrogen-bond donors (Lipinski definition) is 0. The summed E-state index contributed by atoms with van der Waals surface area (Å²) in [6.45, 7) is 9.22. The first-order valence-electron chi connectivity index (χ1n) is 5.22. The maximum Gasteiger partial charge on any atom is 0.0286 e. The zero-order valence-corrected chi connectivity index (χ0v) is 9.70. The van der Waals surface area contributed by atoms with Crippen LogP contribution in [0, 0.1) is 11.8 Å². The Kier molecular flexibility index (Phi) is 6.95. The third-order valence-corrected chi connectivity index (χ3v) is 2.58. The van der Waals surface area contributed by atoms with Crippen molar-refractivity contribution in [2.24, 2.45) is 17.0 Å². The summed E-state index contributed by atoms with van der Waals surface area (Å²) in [5.41, 5.74) is 9.57. The normalized spacial score (nSPS) is 14.0. The Labute approximate surface area is 86.8 Å². The fraction of sp³-hybridized carbons (Fsp3) is 0.818. The lowest BCUT2D eigenvalue weighted by atomic mass is 9.91. The molecule has 0 N–H and O–H groups in total. The first-order chi connectivity index (χ1) is 6.57. The van der Waals surface area contributed by atoms with Gasteiger partial charge in [-0.25, -0.2) is 0 Å². The Morgan fingerprint density at radius 2 is 2.00 bits per heavy atom. The predicted octanol–water partition coefficient (Wildman–Crippen LogP) is 4.32. The van der Waals surface area contributed by atoms with Crippen molar-refractivity contribution in [2.45, 2.75) is 40.5 Å². The summed E-state index contributed by atoms with van der Waals surface area (Å²) in [5, 5.41) is 3.60. The van der Waals surface area contributed by atoms with Gasteiger partial charge in [0.1, 0.15) is 0 Å². The van der Waals surface area contributed by atoms with E-state index in [0.717, 1.165) is 6.42 Å². The Hall–Kier alpha value is -0.950. The van der Waals surface area contributed by atoms with E-state index in [2.05, 4.69) is 43.8 Å². The van der Waals surface area contributed by atoms with Crippen LogP contribution in [0.25, 0.3) is 10.4 Å². The molecule has 0 aromatic rings. The van der Waals surface area contributed by atoms with Gasteiger partial charge < -0.3 is 0 Å². The zero-order chi connectivity index (χ0) is 11.0. The molecule has 0 unspecified atom stereocenters. The van der Waals surface area contributed by atoms with E-state index in [1.165, 1.54) is 12.0 Å². The van der Waals surface area contributed by atoms with Crippen molar-refractivity contribution < 1.29 is 0 Å². The van der Waals surface area contributed by atoms with Gasteiger partial charge in [0.15, 0.2) is 0 Å². The molecule has 0 saturated carbocycles. The molecule has 0 spiro atoms. The van der Waals surface area contributed by atoms with Crippen LogP contribution >= 0.6 is 0 Å². The number of allylic oxidation sites excluding steroid dienone is 2. The molecule has 0 fully saturated rings. The van der Waals surface area contributed by atoms with E-state index in [9.17, 15) is 0 Å². The molecule has 0 bridgehead atoms. The topological polar surface area (TPSA) is 48.8 Å². The SMILES string of the molecule is CC(C)=CCC[C@H](C)[C@@H](C)CN=[N+]=[N-]. The Bertz CT molecular complexity index is 223. The van der Waals surface area contributed by atoms with Crippen molar-refractivity contribution in [3.05, 3.63) is 22.1 Å². The van der Waals surface area contributed by atoms with Gasteiger partial charge in [0.05, 0.1) is 0 Å². The molecule has 0 radical (unpaired) electrons. The van der Waals surface area contributed by atoms with Crippen molar-refractivity contribution in [1.82, 2.24) is 0 Å². The number of nitrogens with zero attached hydrogens (tertiary/aromatic N) is 3. The van der Waals surface area contributed by atoms with Crippen LogP contribution in [0.4, 0.5) is 0 Å². The summed E-state index contributed by atoms with van der Waals surface area (Å²) in [6.07, 6.45) is 4.56. The standard InChI is InChI=1S/C11H21N3/c1-9(2)6-5-7-10(3)11(4)8-13-14-12/h6,10-11H,5,7-8H2,1-4H3/t10-,11-/m0/s1. The van der Waals surface area contributed by atoms with E-state index in [1.807, 2.05) is 0 Å². The molecule has 80 valence electrons. The van der Waals surface area contributed by atoms with E-state index in [0.29, 0.717) is 18.4 Å². The summed E-state index contributed by atoms with van der Waals surface area (Å²) in [5.74, 6) is 1.10. The third kappa shape index (κ3) is 6.55. The highest BCUT2D eigenvalue weighted by atomic mass is 15.1. The number of hydrogen-bond acceptors (Lipinski definition) is 1. The van der Waals surface area contributed by atoms with Crippen molar-refractivity contribution in [3.63, 3.8) is 0 Å². The monoisotopic (exact) mass is 195 g/mol.